The second-order valence-electron chi connectivity index (χ2n) is 1.65. The predicted octanol–water partition coefficient (Wildman–Crippen LogP) is 2.25. The van der Waals surface area contributed by atoms with Crippen molar-refractivity contribution in [1.29, 1.82) is 5.41 Å². The minimum atomic E-state index is 0.698. The van der Waals surface area contributed by atoms with Crippen LogP contribution >= 0.6 is 31.9 Å². The molecule has 0 amide bonds. The Bertz CT molecular complexity index is 143. The summed E-state index contributed by atoms with van der Waals surface area (Å²) in [6.07, 6.45) is 1.32. The third-order valence-corrected chi connectivity index (χ3v) is 2.33. The van der Waals surface area contributed by atoms with Gasteiger partial charge in [-0.15, -0.1) is 0 Å². The fraction of sp³-hybridized carbons (Fsp3) is 0.500. The maximum Gasteiger partial charge on any atom is 0.0836 e. The van der Waals surface area contributed by atoms with Crippen molar-refractivity contribution in [3.05, 3.63) is 10.2 Å². The van der Waals surface area contributed by atoms with E-state index in [9.17, 15) is 0 Å². The predicted molar refractivity (Wildman–Crippen MR) is 52.2 cm³/mol. The zero-order chi connectivity index (χ0) is 7.98. The molecule has 0 heterocycles. The molecular weight excluding hydrogens is 260 g/mol. The smallest absolute Gasteiger partial charge is 0.0836 e. The highest BCUT2D eigenvalue weighted by Gasteiger charge is 1.96. The van der Waals surface area contributed by atoms with E-state index in [2.05, 4.69) is 37.2 Å². The van der Waals surface area contributed by atoms with Gasteiger partial charge in [0.25, 0.3) is 0 Å². The van der Waals surface area contributed by atoms with Crippen LogP contribution in [0.5, 0.6) is 0 Å². The van der Waals surface area contributed by atoms with E-state index in [0.29, 0.717) is 5.33 Å². The number of nitrogens with one attached hydrogen (secondary N) is 2. The monoisotopic (exact) mass is 268 g/mol. The highest BCUT2D eigenvalue weighted by atomic mass is 79.9. The first kappa shape index (κ1) is 10.2. The van der Waals surface area contributed by atoms with Gasteiger partial charge in [-0.25, -0.2) is 0 Å². The van der Waals surface area contributed by atoms with Gasteiger partial charge in [0.2, 0.25) is 0 Å². The molecule has 0 rings (SSSR count). The van der Waals surface area contributed by atoms with Crippen LogP contribution in [0.25, 0.3) is 0 Å². The summed E-state index contributed by atoms with van der Waals surface area (Å²) in [5.74, 6) is 0. The summed E-state index contributed by atoms with van der Waals surface area (Å²) in [7, 11) is 0. The Kier molecular flexibility index (Phi) is 6.02. The number of hydrogen-bond acceptors (Lipinski definition) is 2. The third kappa shape index (κ3) is 3.37. The summed E-state index contributed by atoms with van der Waals surface area (Å²) in [5, 5.41) is 10.7. The average molecular weight is 270 g/mol. The molecule has 0 aliphatic rings. The average Bonchev–Trinajstić information content (AvgIpc) is 1.91. The van der Waals surface area contributed by atoms with Gasteiger partial charge in [-0.05, 0) is 22.9 Å². The van der Waals surface area contributed by atoms with Gasteiger partial charge in [-0.2, -0.15) is 0 Å². The Morgan fingerprint density at radius 2 is 2.30 bits per heavy atom. The second-order valence-corrected chi connectivity index (χ2v) is 3.00. The van der Waals surface area contributed by atoms with Crippen LogP contribution in [0.3, 0.4) is 0 Å². The van der Waals surface area contributed by atoms with Crippen molar-refractivity contribution in [2.75, 3.05) is 11.9 Å². The summed E-state index contributed by atoms with van der Waals surface area (Å²) in [4.78, 5) is 0. The molecule has 58 valence electrons. The number of alkyl halides is 1. The summed E-state index contributed by atoms with van der Waals surface area (Å²) in [5.41, 5.74) is 0.918. The van der Waals surface area contributed by atoms with Gasteiger partial charge in [-0.3, -0.25) is 0 Å². The lowest BCUT2D eigenvalue weighted by atomic mass is 10.4. The van der Waals surface area contributed by atoms with Crippen molar-refractivity contribution in [2.45, 2.75) is 6.92 Å². The molecular formula is C6H10Br2N2. The Balaban J connectivity index is 4.12. The minimum Gasteiger partial charge on any atom is -0.379 e. The molecule has 0 aromatic heterocycles. The van der Waals surface area contributed by atoms with Gasteiger partial charge in [0.15, 0.2) is 0 Å². The molecule has 0 saturated heterocycles. The van der Waals surface area contributed by atoms with Crippen molar-refractivity contribution in [3.8, 4) is 0 Å². The van der Waals surface area contributed by atoms with Crippen molar-refractivity contribution >= 4 is 38.1 Å². The van der Waals surface area contributed by atoms with E-state index in [1.807, 2.05) is 6.92 Å². The molecule has 0 unspecified atom stereocenters. The zero-order valence-electron chi connectivity index (χ0n) is 5.75. The quantitative estimate of drug-likeness (QED) is 0.458. The van der Waals surface area contributed by atoms with Crippen LogP contribution in [-0.4, -0.2) is 18.1 Å². The molecule has 0 aliphatic carbocycles. The Labute approximate surface area is 77.8 Å². The lowest BCUT2D eigenvalue weighted by Gasteiger charge is -2.03. The highest BCUT2D eigenvalue weighted by molar-refractivity contribution is 9.11. The fourth-order valence-electron chi connectivity index (χ4n) is 0.429. The molecule has 0 saturated carbocycles. The molecule has 2 N–H and O–H groups in total. The first-order valence-electron chi connectivity index (χ1n) is 2.95. The summed E-state index contributed by atoms with van der Waals surface area (Å²) >= 11 is 6.58. The highest BCUT2D eigenvalue weighted by Crippen LogP contribution is 2.08. The van der Waals surface area contributed by atoms with Gasteiger partial charge in [-0.1, -0.05) is 15.9 Å². The SMILES string of the molecule is CCN/C(Br)=C(\C=N)CBr. The number of hydrogen-bond donors (Lipinski definition) is 2. The maximum absolute atomic E-state index is 6.99. The minimum absolute atomic E-state index is 0.698. The van der Waals surface area contributed by atoms with Gasteiger partial charge in [0.05, 0.1) is 4.61 Å². The van der Waals surface area contributed by atoms with E-state index in [-0.39, 0.29) is 0 Å². The van der Waals surface area contributed by atoms with Gasteiger partial charge in [0.1, 0.15) is 0 Å². The topological polar surface area (TPSA) is 35.9 Å². The standard InChI is InChI=1S/C6H10Br2N2/c1-2-10-6(8)5(3-7)4-9/h4,9-10H,2-3H2,1H3/b6-5-,9-4?. The fourth-order valence-corrected chi connectivity index (χ4v) is 1.78. The Morgan fingerprint density at radius 1 is 1.70 bits per heavy atom. The lowest BCUT2D eigenvalue weighted by Crippen LogP contribution is -2.10. The molecule has 0 radical (unpaired) electrons. The normalized spacial score (nSPS) is 12.3. The van der Waals surface area contributed by atoms with E-state index in [1.54, 1.807) is 0 Å². The Morgan fingerprint density at radius 3 is 2.60 bits per heavy atom. The summed E-state index contributed by atoms with van der Waals surface area (Å²) < 4.78 is 0.891. The van der Waals surface area contributed by atoms with Crippen LogP contribution < -0.4 is 5.32 Å². The second kappa shape index (κ2) is 5.92. The third-order valence-electron chi connectivity index (χ3n) is 0.932. The van der Waals surface area contributed by atoms with E-state index >= 15 is 0 Å². The number of halogens is 2. The molecule has 0 aromatic rings. The molecule has 10 heavy (non-hydrogen) atoms. The van der Waals surface area contributed by atoms with E-state index in [4.69, 9.17) is 5.41 Å². The lowest BCUT2D eigenvalue weighted by molar-refractivity contribution is 0.903. The number of rotatable bonds is 4. The summed E-state index contributed by atoms with van der Waals surface area (Å²) in [6.45, 7) is 2.88. The first-order valence-corrected chi connectivity index (χ1v) is 4.86. The van der Waals surface area contributed by atoms with Crippen molar-refractivity contribution in [3.63, 3.8) is 0 Å². The first-order chi connectivity index (χ1) is 4.76. The Hall–Kier alpha value is 0.170. The van der Waals surface area contributed by atoms with Crippen LogP contribution in [0.15, 0.2) is 10.2 Å². The molecule has 0 spiro atoms. The van der Waals surface area contributed by atoms with Crippen molar-refractivity contribution in [1.82, 2.24) is 5.32 Å². The van der Waals surface area contributed by atoms with Gasteiger partial charge < -0.3 is 10.7 Å². The summed E-state index contributed by atoms with van der Waals surface area (Å²) in [6, 6.07) is 0. The van der Waals surface area contributed by atoms with Crippen molar-refractivity contribution in [2.24, 2.45) is 0 Å². The molecule has 4 heteroatoms. The van der Waals surface area contributed by atoms with Gasteiger partial charge >= 0.3 is 0 Å². The van der Waals surface area contributed by atoms with E-state index < -0.39 is 0 Å². The van der Waals surface area contributed by atoms with Crippen LogP contribution in [0.1, 0.15) is 6.92 Å². The van der Waals surface area contributed by atoms with Crippen molar-refractivity contribution < 1.29 is 0 Å². The van der Waals surface area contributed by atoms with E-state index in [0.717, 1.165) is 16.7 Å². The molecule has 0 fully saturated rings. The molecule has 2 nitrogen and oxygen atoms in total. The van der Waals surface area contributed by atoms with Crippen LogP contribution in [-0.2, 0) is 0 Å². The van der Waals surface area contributed by atoms with Gasteiger partial charge in [0, 0.05) is 23.7 Å². The largest absolute Gasteiger partial charge is 0.379 e. The van der Waals surface area contributed by atoms with Crippen LogP contribution in [0.4, 0.5) is 0 Å². The number of allylic oxidation sites excluding steroid dienone is 1. The zero-order valence-corrected chi connectivity index (χ0v) is 8.92. The molecule has 0 aromatic carbocycles. The maximum atomic E-state index is 6.99. The molecule has 0 atom stereocenters. The van der Waals surface area contributed by atoms with Crippen LogP contribution in [0, 0.1) is 5.41 Å². The molecule has 0 aliphatic heterocycles. The van der Waals surface area contributed by atoms with E-state index in [1.165, 1.54) is 6.21 Å². The molecule has 0 bridgehead atoms. The van der Waals surface area contributed by atoms with Crippen LogP contribution in [0.2, 0.25) is 0 Å².